The average Bonchev–Trinajstić information content (AvgIpc) is 2.92. The molecule has 0 unspecified atom stereocenters. The molecule has 2 aromatic carbocycles. The molecule has 0 aliphatic carbocycles. The number of hydrogen-bond donors (Lipinski definition) is 2. The van der Waals surface area contributed by atoms with Gasteiger partial charge in [0.1, 0.15) is 12.1 Å². The Hall–Kier alpha value is -3.15. The van der Waals surface area contributed by atoms with Gasteiger partial charge < -0.3 is 10.6 Å². The Morgan fingerprint density at radius 1 is 1.04 bits per heavy atom. The maximum Gasteiger partial charge on any atom is 0.325 e. The maximum absolute atomic E-state index is 12.9. The van der Waals surface area contributed by atoms with E-state index >= 15 is 0 Å². The average molecular weight is 379 g/mol. The van der Waals surface area contributed by atoms with E-state index in [0.717, 1.165) is 23.3 Å². The summed E-state index contributed by atoms with van der Waals surface area (Å²) in [4.78, 5) is 38.5. The van der Waals surface area contributed by atoms with Gasteiger partial charge in [0.05, 0.1) is 0 Å². The minimum absolute atomic E-state index is 0.305. The third-order valence-corrected chi connectivity index (χ3v) is 4.98. The van der Waals surface area contributed by atoms with Crippen molar-refractivity contribution in [3.05, 3.63) is 71.3 Å². The molecule has 6 nitrogen and oxygen atoms in total. The fourth-order valence-electron chi connectivity index (χ4n) is 3.33. The van der Waals surface area contributed by atoms with Crippen LogP contribution in [-0.2, 0) is 28.1 Å². The van der Waals surface area contributed by atoms with Crippen molar-refractivity contribution in [2.45, 2.75) is 38.8 Å². The van der Waals surface area contributed by atoms with Gasteiger partial charge in [0.2, 0.25) is 5.91 Å². The molecule has 0 spiro atoms. The molecule has 2 aromatic rings. The van der Waals surface area contributed by atoms with Crippen molar-refractivity contribution in [3.63, 3.8) is 0 Å². The van der Waals surface area contributed by atoms with Gasteiger partial charge in [-0.15, -0.1) is 0 Å². The van der Waals surface area contributed by atoms with Crippen LogP contribution < -0.4 is 10.6 Å². The second kappa shape index (κ2) is 8.25. The third-order valence-electron chi connectivity index (χ3n) is 4.98. The predicted molar refractivity (Wildman–Crippen MR) is 106 cm³/mol. The van der Waals surface area contributed by atoms with Gasteiger partial charge in [0, 0.05) is 6.54 Å². The molecule has 1 saturated heterocycles. The topological polar surface area (TPSA) is 78.5 Å². The van der Waals surface area contributed by atoms with Crippen LogP contribution in [-0.4, -0.2) is 29.3 Å². The van der Waals surface area contributed by atoms with Crippen molar-refractivity contribution in [3.8, 4) is 0 Å². The summed E-state index contributed by atoms with van der Waals surface area (Å²) in [6.45, 7) is 3.82. The summed E-state index contributed by atoms with van der Waals surface area (Å²) in [5.41, 5.74) is 1.67. The van der Waals surface area contributed by atoms with Crippen LogP contribution in [0.3, 0.4) is 0 Å². The number of aryl methyl sites for hydroxylation is 1. The highest BCUT2D eigenvalue weighted by Crippen LogP contribution is 2.29. The fourth-order valence-corrected chi connectivity index (χ4v) is 3.33. The van der Waals surface area contributed by atoms with Crippen LogP contribution >= 0.6 is 0 Å². The summed E-state index contributed by atoms with van der Waals surface area (Å²) < 4.78 is 0. The summed E-state index contributed by atoms with van der Waals surface area (Å²) in [5, 5.41) is 5.48. The first-order valence-corrected chi connectivity index (χ1v) is 9.48. The lowest BCUT2D eigenvalue weighted by atomic mass is 9.91. The van der Waals surface area contributed by atoms with Crippen LogP contribution in [0, 0.1) is 0 Å². The van der Waals surface area contributed by atoms with Crippen molar-refractivity contribution in [1.82, 2.24) is 15.5 Å². The van der Waals surface area contributed by atoms with Gasteiger partial charge in [-0.05, 0) is 30.0 Å². The first-order chi connectivity index (χ1) is 13.4. The van der Waals surface area contributed by atoms with Gasteiger partial charge in [-0.2, -0.15) is 0 Å². The van der Waals surface area contributed by atoms with Gasteiger partial charge in [-0.3, -0.25) is 14.5 Å². The smallest absolute Gasteiger partial charge is 0.325 e. The Balaban J connectivity index is 1.66. The lowest BCUT2D eigenvalue weighted by Gasteiger charge is -2.22. The zero-order chi connectivity index (χ0) is 20.1. The number of nitrogens with zero attached hydrogens (tertiary/aromatic N) is 1. The normalized spacial score (nSPS) is 18.9. The van der Waals surface area contributed by atoms with Crippen LogP contribution in [0.15, 0.2) is 54.6 Å². The Morgan fingerprint density at radius 2 is 1.71 bits per heavy atom. The van der Waals surface area contributed by atoms with Crippen LogP contribution in [0.4, 0.5) is 4.79 Å². The molecule has 2 N–H and O–H groups in total. The quantitative estimate of drug-likeness (QED) is 0.726. The van der Waals surface area contributed by atoms with Gasteiger partial charge in [-0.1, -0.05) is 67.9 Å². The molecular weight excluding hydrogens is 354 g/mol. The molecule has 0 radical (unpaired) electrons. The maximum atomic E-state index is 12.9. The highest BCUT2D eigenvalue weighted by Gasteiger charge is 2.49. The molecule has 146 valence electrons. The minimum atomic E-state index is -1.17. The van der Waals surface area contributed by atoms with E-state index < -0.39 is 17.5 Å². The van der Waals surface area contributed by atoms with Crippen LogP contribution in [0.25, 0.3) is 0 Å². The molecule has 4 amide bonds. The van der Waals surface area contributed by atoms with Crippen molar-refractivity contribution in [1.29, 1.82) is 0 Å². The number of carbonyl (C=O) groups is 3. The first-order valence-electron chi connectivity index (χ1n) is 9.48. The Labute approximate surface area is 164 Å². The van der Waals surface area contributed by atoms with E-state index in [1.165, 1.54) is 5.56 Å². The second-order valence-electron chi connectivity index (χ2n) is 7.16. The third kappa shape index (κ3) is 4.06. The van der Waals surface area contributed by atoms with E-state index in [0.29, 0.717) is 12.1 Å². The molecular formula is C22H25N3O3. The van der Waals surface area contributed by atoms with Gasteiger partial charge >= 0.3 is 6.03 Å². The number of amides is 4. The first kappa shape index (κ1) is 19.6. The summed E-state index contributed by atoms with van der Waals surface area (Å²) in [5.74, 6) is -0.800. The zero-order valence-corrected chi connectivity index (χ0v) is 16.2. The molecule has 0 bridgehead atoms. The number of nitrogens with one attached hydrogen (secondary N) is 2. The largest absolute Gasteiger partial charge is 0.350 e. The lowest BCUT2D eigenvalue weighted by Crippen LogP contribution is -2.43. The van der Waals surface area contributed by atoms with Crippen molar-refractivity contribution in [2.75, 3.05) is 6.54 Å². The molecule has 6 heteroatoms. The monoisotopic (exact) mass is 379 g/mol. The Morgan fingerprint density at radius 3 is 2.36 bits per heavy atom. The van der Waals surface area contributed by atoms with Gasteiger partial charge in [0.25, 0.3) is 5.91 Å². The standard InChI is InChI=1S/C22H25N3O3/c1-3-7-16-10-12-18(13-11-16)22(2)20(27)25(21(28)24-22)15-19(26)23-14-17-8-5-4-6-9-17/h4-6,8-13H,3,7,14-15H2,1-2H3,(H,23,26)(H,24,28)/t22-/m1/s1. The van der Waals surface area contributed by atoms with E-state index in [-0.39, 0.29) is 12.5 Å². The highest BCUT2D eigenvalue weighted by atomic mass is 16.2. The molecule has 1 heterocycles. The van der Waals surface area contributed by atoms with Crippen molar-refractivity contribution in [2.24, 2.45) is 0 Å². The molecule has 3 rings (SSSR count). The summed E-state index contributed by atoms with van der Waals surface area (Å²) in [6.07, 6.45) is 2.00. The summed E-state index contributed by atoms with van der Waals surface area (Å²) in [7, 11) is 0. The molecule has 0 saturated carbocycles. The number of hydrogen-bond acceptors (Lipinski definition) is 3. The van der Waals surface area contributed by atoms with E-state index in [1.807, 2.05) is 54.6 Å². The number of imide groups is 1. The van der Waals surface area contributed by atoms with E-state index in [1.54, 1.807) is 6.92 Å². The Kier molecular flexibility index (Phi) is 5.78. The molecule has 1 fully saturated rings. The Bertz CT molecular complexity index is 864. The SMILES string of the molecule is CCCc1ccc([C@@]2(C)NC(=O)N(CC(=O)NCc3ccccc3)C2=O)cc1. The molecule has 0 aromatic heterocycles. The molecule has 1 atom stereocenters. The van der Waals surface area contributed by atoms with E-state index in [2.05, 4.69) is 17.6 Å². The minimum Gasteiger partial charge on any atom is -0.350 e. The molecule has 1 aliphatic rings. The molecule has 28 heavy (non-hydrogen) atoms. The number of rotatable bonds is 7. The van der Waals surface area contributed by atoms with Crippen molar-refractivity contribution < 1.29 is 14.4 Å². The van der Waals surface area contributed by atoms with E-state index in [9.17, 15) is 14.4 Å². The van der Waals surface area contributed by atoms with Gasteiger partial charge in [0.15, 0.2) is 0 Å². The fraction of sp³-hybridized carbons (Fsp3) is 0.318. The summed E-state index contributed by atoms with van der Waals surface area (Å²) >= 11 is 0. The van der Waals surface area contributed by atoms with Gasteiger partial charge in [-0.25, -0.2) is 4.79 Å². The predicted octanol–water partition coefficient (Wildman–Crippen LogP) is 2.72. The lowest BCUT2D eigenvalue weighted by molar-refractivity contribution is -0.134. The second-order valence-corrected chi connectivity index (χ2v) is 7.16. The van der Waals surface area contributed by atoms with Crippen LogP contribution in [0.2, 0.25) is 0 Å². The zero-order valence-electron chi connectivity index (χ0n) is 16.2. The van der Waals surface area contributed by atoms with E-state index in [4.69, 9.17) is 0 Å². The number of benzene rings is 2. The summed E-state index contributed by atoms with van der Waals surface area (Å²) in [6, 6.07) is 16.6. The highest BCUT2D eigenvalue weighted by molar-refractivity contribution is 6.09. The van der Waals surface area contributed by atoms with Crippen molar-refractivity contribution >= 4 is 17.8 Å². The number of carbonyl (C=O) groups excluding carboxylic acids is 3. The molecule has 1 aliphatic heterocycles. The van der Waals surface area contributed by atoms with Crippen LogP contribution in [0.5, 0.6) is 0 Å². The number of urea groups is 1. The van der Waals surface area contributed by atoms with Crippen LogP contribution in [0.1, 0.15) is 37.0 Å².